The third-order valence-corrected chi connectivity index (χ3v) is 14.3. The average Bonchev–Trinajstić information content (AvgIpc) is 2.98. The molecule has 0 spiro atoms. The van der Waals surface area contributed by atoms with Crippen LogP contribution in [0.3, 0.4) is 0 Å². The largest absolute Gasteiger partial charge is 0.378 e. The van der Waals surface area contributed by atoms with E-state index in [2.05, 4.69) is 187 Å². The molecule has 0 aliphatic heterocycles. The highest BCUT2D eigenvalue weighted by Gasteiger charge is 2.32. The van der Waals surface area contributed by atoms with Crippen molar-refractivity contribution in [2.45, 2.75) is 25.2 Å². The van der Waals surface area contributed by atoms with Crippen LogP contribution in [0.15, 0.2) is 97.1 Å². The SMILES string of the molecule is C[C@@H]([C@H](C)P(c1ccc(N(C)C)cc1)c1ccc(N(C)C)cc1)P(c1ccc(N(C)C)cc1)c1ccc(N(C)C)cc1. The number of hydrogen-bond donors (Lipinski definition) is 0. The number of hydrogen-bond acceptors (Lipinski definition) is 4. The van der Waals surface area contributed by atoms with Crippen LogP contribution in [0.5, 0.6) is 0 Å². The molecule has 0 aliphatic rings. The first-order valence-corrected chi connectivity index (χ1v) is 17.5. The maximum absolute atomic E-state index is 2.49. The Balaban J connectivity index is 1.80. The van der Waals surface area contributed by atoms with Crippen molar-refractivity contribution in [2.24, 2.45) is 0 Å². The summed E-state index contributed by atoms with van der Waals surface area (Å²) < 4.78 is 0. The second kappa shape index (κ2) is 13.9. The Kier molecular flexibility index (Phi) is 10.6. The molecule has 4 aromatic rings. The fourth-order valence-corrected chi connectivity index (χ4v) is 11.3. The van der Waals surface area contributed by atoms with Crippen LogP contribution in [0.2, 0.25) is 0 Å². The monoisotopic (exact) mass is 598 g/mol. The van der Waals surface area contributed by atoms with Crippen molar-refractivity contribution in [3.8, 4) is 0 Å². The van der Waals surface area contributed by atoms with Gasteiger partial charge < -0.3 is 19.6 Å². The summed E-state index contributed by atoms with van der Waals surface area (Å²) in [6, 6.07) is 37.1. The van der Waals surface area contributed by atoms with Crippen LogP contribution >= 0.6 is 15.8 Å². The zero-order valence-corrected chi connectivity index (χ0v) is 28.9. The third kappa shape index (κ3) is 7.28. The number of anilines is 4. The van der Waals surface area contributed by atoms with Crippen LogP contribution in [0.1, 0.15) is 13.8 Å². The van der Waals surface area contributed by atoms with Gasteiger partial charge in [0.25, 0.3) is 0 Å². The van der Waals surface area contributed by atoms with E-state index >= 15 is 0 Å². The van der Waals surface area contributed by atoms with Crippen molar-refractivity contribution in [2.75, 3.05) is 76.0 Å². The van der Waals surface area contributed by atoms with Crippen LogP contribution in [0, 0.1) is 0 Å². The summed E-state index contributed by atoms with van der Waals surface area (Å²) in [4.78, 5) is 8.71. The lowest BCUT2D eigenvalue weighted by atomic mass is 10.3. The minimum Gasteiger partial charge on any atom is -0.378 e. The summed E-state index contributed by atoms with van der Waals surface area (Å²) >= 11 is 0. The van der Waals surface area contributed by atoms with E-state index in [0.717, 1.165) is 0 Å². The highest BCUT2D eigenvalue weighted by molar-refractivity contribution is 7.77. The van der Waals surface area contributed by atoms with Crippen LogP contribution < -0.4 is 40.8 Å². The first kappa shape index (κ1) is 31.9. The molecule has 0 heterocycles. The molecule has 0 unspecified atom stereocenters. The van der Waals surface area contributed by atoms with E-state index in [1.54, 1.807) is 0 Å². The first-order chi connectivity index (χ1) is 20.0. The van der Waals surface area contributed by atoms with Gasteiger partial charge in [-0.3, -0.25) is 0 Å². The van der Waals surface area contributed by atoms with Gasteiger partial charge in [-0.1, -0.05) is 62.4 Å². The van der Waals surface area contributed by atoms with Crippen molar-refractivity contribution in [3.05, 3.63) is 97.1 Å². The fourth-order valence-electron chi connectivity index (χ4n) is 5.32. The molecule has 2 atom stereocenters. The zero-order chi connectivity index (χ0) is 30.6. The Morgan fingerprint density at radius 3 is 0.643 bits per heavy atom. The van der Waals surface area contributed by atoms with E-state index in [1.807, 2.05) is 0 Å². The van der Waals surface area contributed by atoms with Gasteiger partial charge in [0.2, 0.25) is 0 Å². The number of rotatable bonds is 11. The van der Waals surface area contributed by atoms with Crippen molar-refractivity contribution in [1.29, 1.82) is 0 Å². The summed E-state index contributed by atoms with van der Waals surface area (Å²) in [6.07, 6.45) is 0. The zero-order valence-electron chi connectivity index (χ0n) is 27.1. The Morgan fingerprint density at radius 1 is 0.333 bits per heavy atom. The van der Waals surface area contributed by atoms with Crippen LogP contribution in [0.25, 0.3) is 0 Å². The van der Waals surface area contributed by atoms with Gasteiger partial charge in [0.15, 0.2) is 0 Å². The predicted molar refractivity (Wildman–Crippen MR) is 194 cm³/mol. The minimum atomic E-state index is -0.598. The van der Waals surface area contributed by atoms with E-state index < -0.39 is 15.8 Å². The van der Waals surface area contributed by atoms with Crippen LogP contribution in [0.4, 0.5) is 22.7 Å². The second-order valence-corrected chi connectivity index (χ2v) is 17.0. The summed E-state index contributed by atoms with van der Waals surface area (Å²) in [5, 5.41) is 5.75. The van der Waals surface area contributed by atoms with Crippen molar-refractivity contribution >= 4 is 59.8 Å². The molecule has 0 saturated heterocycles. The van der Waals surface area contributed by atoms with Crippen molar-refractivity contribution in [3.63, 3.8) is 0 Å². The predicted octanol–water partition coefficient (Wildman–Crippen LogP) is 6.29. The summed E-state index contributed by atoms with van der Waals surface area (Å²) in [5.74, 6) is 0. The van der Waals surface area contributed by atoms with E-state index in [4.69, 9.17) is 0 Å². The van der Waals surface area contributed by atoms with Gasteiger partial charge >= 0.3 is 0 Å². The van der Waals surface area contributed by atoms with Crippen LogP contribution in [-0.2, 0) is 0 Å². The molecule has 4 nitrogen and oxygen atoms in total. The van der Waals surface area contributed by atoms with Crippen LogP contribution in [-0.4, -0.2) is 67.7 Å². The second-order valence-electron chi connectivity index (χ2n) is 11.9. The van der Waals surface area contributed by atoms with Gasteiger partial charge in [-0.2, -0.15) is 0 Å². The van der Waals surface area contributed by atoms with Gasteiger partial charge in [-0.15, -0.1) is 0 Å². The Morgan fingerprint density at radius 2 is 0.500 bits per heavy atom. The molecular weight excluding hydrogens is 550 g/mol. The fraction of sp³-hybridized carbons (Fsp3) is 0.333. The molecule has 6 heteroatoms. The summed E-state index contributed by atoms with van der Waals surface area (Å²) in [6.45, 7) is 4.99. The minimum absolute atomic E-state index is 0.462. The summed E-state index contributed by atoms with van der Waals surface area (Å²) in [5.41, 5.74) is 5.87. The van der Waals surface area contributed by atoms with E-state index in [-0.39, 0.29) is 0 Å². The lowest BCUT2D eigenvalue weighted by Crippen LogP contribution is -2.32. The molecule has 0 aliphatic carbocycles. The lowest BCUT2D eigenvalue weighted by Gasteiger charge is -2.36. The molecule has 42 heavy (non-hydrogen) atoms. The van der Waals surface area contributed by atoms with Gasteiger partial charge in [0.05, 0.1) is 0 Å². The lowest BCUT2D eigenvalue weighted by molar-refractivity contribution is 0.912. The Hall–Kier alpha value is -3.06. The maximum Gasteiger partial charge on any atom is 0.0361 e. The van der Waals surface area contributed by atoms with Crippen molar-refractivity contribution < 1.29 is 0 Å². The molecule has 0 fully saturated rings. The van der Waals surface area contributed by atoms with Crippen molar-refractivity contribution in [1.82, 2.24) is 0 Å². The van der Waals surface area contributed by atoms with Gasteiger partial charge in [-0.25, -0.2) is 0 Å². The standard InChI is InChI=1S/C36H48N4P2/c1-27(41(33-19-11-29(12-20-33)37(3)4)34-21-13-30(14-22-34)38(5)6)28(2)42(35-23-15-31(16-24-35)39(7)8)36-25-17-32(18-26-36)40(9)10/h11-28H,1-10H3/t27-,28-/m0/s1. The Bertz CT molecular complexity index is 1180. The maximum atomic E-state index is 2.49. The smallest absolute Gasteiger partial charge is 0.0361 e. The number of benzene rings is 4. The molecule has 4 aromatic carbocycles. The molecule has 4 rings (SSSR count). The highest BCUT2D eigenvalue weighted by atomic mass is 31.1. The number of nitrogens with zero attached hydrogens (tertiary/aromatic N) is 4. The quantitative estimate of drug-likeness (QED) is 0.188. The molecule has 0 bridgehead atoms. The first-order valence-electron chi connectivity index (χ1n) is 14.7. The molecule has 222 valence electrons. The third-order valence-electron chi connectivity index (χ3n) is 8.09. The molecule has 0 saturated carbocycles. The van der Waals surface area contributed by atoms with E-state index in [0.29, 0.717) is 11.3 Å². The van der Waals surface area contributed by atoms with E-state index in [9.17, 15) is 0 Å². The highest BCUT2D eigenvalue weighted by Crippen LogP contribution is 2.51. The van der Waals surface area contributed by atoms with Gasteiger partial charge in [-0.05, 0) is 96.9 Å². The molecule has 0 radical (unpaired) electrons. The van der Waals surface area contributed by atoms with E-state index in [1.165, 1.54) is 44.0 Å². The average molecular weight is 599 g/mol. The summed E-state index contributed by atoms with van der Waals surface area (Å²) in [7, 11) is 15.7. The molecule has 0 aromatic heterocycles. The Labute approximate surface area is 257 Å². The topological polar surface area (TPSA) is 13.0 Å². The molecule has 0 N–H and O–H groups in total. The van der Waals surface area contributed by atoms with Gasteiger partial charge in [0.1, 0.15) is 0 Å². The van der Waals surface area contributed by atoms with Gasteiger partial charge in [0, 0.05) is 79.1 Å². The molecule has 0 amide bonds. The normalized spacial score (nSPS) is 12.8. The molecular formula is C36H48N4P2.